The molecule has 0 aliphatic rings. The summed E-state index contributed by atoms with van der Waals surface area (Å²) in [5.74, 6) is -0.628. The highest BCUT2D eigenvalue weighted by Gasteiger charge is 2.27. The first-order chi connectivity index (χ1) is 14.7. The van der Waals surface area contributed by atoms with Crippen molar-refractivity contribution in [1.82, 2.24) is 9.62 Å². The van der Waals surface area contributed by atoms with Gasteiger partial charge in [0.05, 0.1) is 6.61 Å². The third-order valence-corrected chi connectivity index (χ3v) is 6.68. The average Bonchev–Trinajstić information content (AvgIpc) is 2.76. The molecule has 2 aromatic carbocycles. The van der Waals surface area contributed by atoms with Gasteiger partial charge in [-0.15, -0.1) is 0 Å². The lowest BCUT2D eigenvalue weighted by molar-refractivity contribution is -0.117. The highest BCUT2D eigenvalue weighted by molar-refractivity contribution is 7.89. The third-order valence-electron chi connectivity index (χ3n) is 4.61. The van der Waals surface area contributed by atoms with Crippen LogP contribution in [-0.2, 0) is 14.8 Å². The van der Waals surface area contributed by atoms with E-state index in [1.807, 2.05) is 0 Å². The van der Waals surface area contributed by atoms with Gasteiger partial charge >= 0.3 is 0 Å². The zero-order chi connectivity index (χ0) is 23.0. The first-order valence-corrected chi connectivity index (χ1v) is 11.6. The molecule has 0 saturated carbocycles. The summed E-state index contributed by atoms with van der Waals surface area (Å²) >= 11 is 0. The monoisotopic (exact) mass is 447 g/mol. The van der Waals surface area contributed by atoms with Crippen LogP contribution in [0.3, 0.4) is 0 Å². The Hall–Kier alpha value is -2.91. The SMILES string of the molecule is CCOc1ccc(NC(=O)C(C)NC(=O)c2ccccc2)cc1S(=O)(=O)N(CC)CC. The summed E-state index contributed by atoms with van der Waals surface area (Å²) in [7, 11) is -3.80. The van der Waals surface area contributed by atoms with Crippen molar-refractivity contribution in [1.29, 1.82) is 0 Å². The molecule has 0 saturated heterocycles. The van der Waals surface area contributed by atoms with E-state index < -0.39 is 22.0 Å². The van der Waals surface area contributed by atoms with Gasteiger partial charge in [-0.1, -0.05) is 32.0 Å². The molecular formula is C22H29N3O5S. The summed E-state index contributed by atoms with van der Waals surface area (Å²) in [5, 5.41) is 5.29. The molecule has 0 fully saturated rings. The van der Waals surface area contributed by atoms with Gasteiger partial charge in [0.25, 0.3) is 5.91 Å². The summed E-state index contributed by atoms with van der Waals surface area (Å²) in [6.07, 6.45) is 0. The Morgan fingerprint density at radius 1 is 1.03 bits per heavy atom. The van der Waals surface area contributed by atoms with Crippen LogP contribution in [0.1, 0.15) is 38.1 Å². The topological polar surface area (TPSA) is 105 Å². The van der Waals surface area contributed by atoms with Gasteiger partial charge in [-0.2, -0.15) is 4.31 Å². The van der Waals surface area contributed by atoms with Crippen LogP contribution in [0.25, 0.3) is 0 Å². The van der Waals surface area contributed by atoms with Crippen molar-refractivity contribution < 1.29 is 22.7 Å². The maximum atomic E-state index is 13.0. The summed E-state index contributed by atoms with van der Waals surface area (Å²) in [5.41, 5.74) is 0.732. The molecule has 0 aliphatic heterocycles. The Morgan fingerprint density at radius 2 is 1.68 bits per heavy atom. The van der Waals surface area contributed by atoms with Crippen molar-refractivity contribution in [2.75, 3.05) is 25.0 Å². The Morgan fingerprint density at radius 3 is 2.26 bits per heavy atom. The molecule has 2 N–H and O–H groups in total. The number of ether oxygens (including phenoxy) is 1. The molecule has 0 radical (unpaired) electrons. The van der Waals surface area contributed by atoms with E-state index in [9.17, 15) is 18.0 Å². The van der Waals surface area contributed by atoms with Gasteiger partial charge in [0.2, 0.25) is 15.9 Å². The fraction of sp³-hybridized carbons (Fsp3) is 0.364. The zero-order valence-corrected chi connectivity index (χ0v) is 19.0. The molecule has 8 nitrogen and oxygen atoms in total. The average molecular weight is 448 g/mol. The van der Waals surface area contributed by atoms with E-state index in [4.69, 9.17) is 4.74 Å². The second-order valence-electron chi connectivity index (χ2n) is 6.73. The number of rotatable bonds is 10. The number of carbonyl (C=O) groups is 2. The molecule has 0 bridgehead atoms. The van der Waals surface area contributed by atoms with Crippen LogP contribution >= 0.6 is 0 Å². The zero-order valence-electron chi connectivity index (χ0n) is 18.2. The lowest BCUT2D eigenvalue weighted by atomic mass is 10.2. The third kappa shape index (κ3) is 6.05. The van der Waals surface area contributed by atoms with Crippen molar-refractivity contribution in [3.05, 3.63) is 54.1 Å². The molecule has 168 valence electrons. The van der Waals surface area contributed by atoms with Gasteiger partial charge in [0, 0.05) is 24.3 Å². The number of nitrogens with one attached hydrogen (secondary N) is 2. The Kier molecular flexibility index (Phi) is 8.58. The van der Waals surface area contributed by atoms with E-state index in [-0.39, 0.29) is 16.6 Å². The first kappa shape index (κ1) is 24.4. The summed E-state index contributed by atoms with van der Waals surface area (Å²) in [6, 6.07) is 12.2. The number of amides is 2. The van der Waals surface area contributed by atoms with Gasteiger partial charge in [0.1, 0.15) is 16.7 Å². The van der Waals surface area contributed by atoms with Crippen LogP contribution < -0.4 is 15.4 Å². The van der Waals surface area contributed by atoms with Crippen molar-refractivity contribution >= 4 is 27.5 Å². The molecule has 0 aliphatic carbocycles. The Labute approximate surface area is 183 Å². The van der Waals surface area contributed by atoms with E-state index in [2.05, 4.69) is 10.6 Å². The molecule has 31 heavy (non-hydrogen) atoms. The molecule has 2 aromatic rings. The maximum absolute atomic E-state index is 13.0. The molecule has 0 aromatic heterocycles. The van der Waals surface area contributed by atoms with Crippen molar-refractivity contribution in [2.45, 2.75) is 38.6 Å². The van der Waals surface area contributed by atoms with E-state index >= 15 is 0 Å². The normalized spacial score (nSPS) is 12.3. The standard InChI is InChI=1S/C22H29N3O5S/c1-5-25(6-2)31(28,29)20-15-18(13-14-19(20)30-7-3)24-21(26)16(4)23-22(27)17-11-9-8-10-12-17/h8-16H,5-7H2,1-4H3,(H,23,27)(H,24,26). The quantitative estimate of drug-likeness (QED) is 0.583. The molecule has 0 heterocycles. The molecule has 1 atom stereocenters. The van der Waals surface area contributed by atoms with Crippen molar-refractivity contribution in [3.8, 4) is 5.75 Å². The van der Waals surface area contributed by atoms with Crippen LogP contribution in [0.5, 0.6) is 5.75 Å². The second-order valence-corrected chi connectivity index (χ2v) is 8.64. The minimum atomic E-state index is -3.80. The minimum absolute atomic E-state index is 0.0168. The summed E-state index contributed by atoms with van der Waals surface area (Å²) < 4.78 is 32.9. The van der Waals surface area contributed by atoms with Crippen LogP contribution in [-0.4, -0.2) is 50.3 Å². The number of sulfonamides is 1. The number of hydrogen-bond acceptors (Lipinski definition) is 5. The van der Waals surface area contributed by atoms with Gasteiger partial charge in [-0.05, 0) is 44.2 Å². The number of carbonyl (C=O) groups excluding carboxylic acids is 2. The Balaban J connectivity index is 2.22. The minimum Gasteiger partial charge on any atom is -0.492 e. The van der Waals surface area contributed by atoms with Crippen LogP contribution in [0.15, 0.2) is 53.4 Å². The molecular weight excluding hydrogens is 418 g/mol. The molecule has 9 heteroatoms. The van der Waals surface area contributed by atoms with E-state index in [0.717, 1.165) is 0 Å². The fourth-order valence-electron chi connectivity index (χ4n) is 2.95. The smallest absolute Gasteiger partial charge is 0.251 e. The highest BCUT2D eigenvalue weighted by Crippen LogP contribution is 2.30. The molecule has 0 spiro atoms. The maximum Gasteiger partial charge on any atom is 0.251 e. The van der Waals surface area contributed by atoms with Gasteiger partial charge < -0.3 is 15.4 Å². The second kappa shape index (κ2) is 10.9. The van der Waals surface area contributed by atoms with Gasteiger partial charge in [-0.3, -0.25) is 9.59 Å². The van der Waals surface area contributed by atoms with Crippen LogP contribution in [0, 0.1) is 0 Å². The van der Waals surface area contributed by atoms with E-state index in [1.54, 1.807) is 64.1 Å². The molecule has 1 unspecified atom stereocenters. The number of hydrogen-bond donors (Lipinski definition) is 2. The fourth-order valence-corrected chi connectivity index (χ4v) is 4.57. The Bertz CT molecular complexity index is 1010. The number of nitrogens with zero attached hydrogens (tertiary/aromatic N) is 1. The molecule has 2 rings (SSSR count). The number of benzene rings is 2. The molecule has 2 amide bonds. The van der Waals surface area contributed by atoms with Crippen LogP contribution in [0.4, 0.5) is 5.69 Å². The predicted octanol–water partition coefficient (Wildman–Crippen LogP) is 2.87. The summed E-state index contributed by atoms with van der Waals surface area (Å²) in [4.78, 5) is 24.8. The van der Waals surface area contributed by atoms with Crippen LogP contribution in [0.2, 0.25) is 0 Å². The van der Waals surface area contributed by atoms with Crippen molar-refractivity contribution in [2.24, 2.45) is 0 Å². The highest BCUT2D eigenvalue weighted by atomic mass is 32.2. The van der Waals surface area contributed by atoms with Gasteiger partial charge in [0.15, 0.2) is 0 Å². The lowest BCUT2D eigenvalue weighted by Gasteiger charge is -2.21. The van der Waals surface area contributed by atoms with E-state index in [1.165, 1.54) is 16.4 Å². The summed E-state index contributed by atoms with van der Waals surface area (Å²) in [6.45, 7) is 7.75. The van der Waals surface area contributed by atoms with Gasteiger partial charge in [-0.25, -0.2) is 8.42 Å². The van der Waals surface area contributed by atoms with Crippen molar-refractivity contribution in [3.63, 3.8) is 0 Å². The first-order valence-electron chi connectivity index (χ1n) is 10.2. The lowest BCUT2D eigenvalue weighted by Crippen LogP contribution is -2.41. The largest absolute Gasteiger partial charge is 0.492 e. The predicted molar refractivity (Wildman–Crippen MR) is 120 cm³/mol. The van der Waals surface area contributed by atoms with E-state index in [0.29, 0.717) is 30.9 Å². The number of anilines is 1.